The summed E-state index contributed by atoms with van der Waals surface area (Å²) in [6, 6.07) is 5.37. The fourth-order valence-electron chi connectivity index (χ4n) is 4.16. The molecule has 0 aromatic heterocycles. The van der Waals surface area contributed by atoms with E-state index in [0.717, 1.165) is 31.2 Å². The fourth-order valence-corrected chi connectivity index (χ4v) is 4.44. The van der Waals surface area contributed by atoms with Gasteiger partial charge in [0.25, 0.3) is 0 Å². The molecule has 24 heavy (non-hydrogen) atoms. The third-order valence-corrected chi connectivity index (χ3v) is 5.78. The predicted octanol–water partition coefficient (Wildman–Crippen LogP) is 3.42. The second-order valence-corrected chi connectivity index (χ2v) is 7.44. The van der Waals surface area contributed by atoms with Crippen LogP contribution < -0.4 is 10.6 Å². The third kappa shape index (κ3) is 3.09. The lowest BCUT2D eigenvalue weighted by Gasteiger charge is -2.28. The zero-order valence-electron chi connectivity index (χ0n) is 14.2. The maximum absolute atomic E-state index is 12.7. The van der Waals surface area contributed by atoms with Crippen molar-refractivity contribution in [2.75, 3.05) is 25.5 Å². The molecular formula is C18H24ClN3O2. The molecule has 2 N–H and O–H groups in total. The van der Waals surface area contributed by atoms with Crippen LogP contribution in [-0.4, -0.2) is 37.0 Å². The lowest BCUT2D eigenvalue weighted by atomic mass is 9.76. The van der Waals surface area contributed by atoms with Crippen LogP contribution in [-0.2, 0) is 4.79 Å². The van der Waals surface area contributed by atoms with Crippen LogP contribution in [0.15, 0.2) is 18.2 Å². The summed E-state index contributed by atoms with van der Waals surface area (Å²) in [6.45, 7) is 3.06. The molecule has 2 aliphatic rings. The molecule has 1 aromatic rings. The highest BCUT2D eigenvalue weighted by Crippen LogP contribution is 2.49. The smallest absolute Gasteiger partial charge is 0.321 e. The largest absolute Gasteiger partial charge is 0.359 e. The number of carbonyl (C=O) groups excluding carboxylic acids is 2. The van der Waals surface area contributed by atoms with E-state index in [-0.39, 0.29) is 23.3 Å². The van der Waals surface area contributed by atoms with E-state index in [0.29, 0.717) is 23.8 Å². The number of hydrogen-bond donors (Lipinski definition) is 2. The lowest BCUT2D eigenvalue weighted by Crippen LogP contribution is -2.38. The van der Waals surface area contributed by atoms with Crippen molar-refractivity contribution in [3.8, 4) is 0 Å². The first-order valence-electron chi connectivity index (χ1n) is 8.49. The first-order chi connectivity index (χ1) is 11.4. The van der Waals surface area contributed by atoms with Gasteiger partial charge in [0.1, 0.15) is 0 Å². The number of anilines is 1. The van der Waals surface area contributed by atoms with Gasteiger partial charge in [0.2, 0.25) is 5.91 Å². The van der Waals surface area contributed by atoms with Crippen molar-refractivity contribution >= 4 is 29.2 Å². The van der Waals surface area contributed by atoms with Gasteiger partial charge in [0.15, 0.2) is 0 Å². The van der Waals surface area contributed by atoms with Crippen LogP contribution in [0.5, 0.6) is 0 Å². The van der Waals surface area contributed by atoms with Crippen molar-refractivity contribution in [1.29, 1.82) is 0 Å². The van der Waals surface area contributed by atoms with Crippen LogP contribution in [0.1, 0.15) is 31.2 Å². The number of halogens is 1. The molecule has 3 amide bonds. The zero-order valence-corrected chi connectivity index (χ0v) is 14.9. The van der Waals surface area contributed by atoms with Crippen molar-refractivity contribution < 1.29 is 9.59 Å². The molecule has 6 heteroatoms. The van der Waals surface area contributed by atoms with E-state index in [1.54, 1.807) is 11.9 Å². The molecule has 1 saturated heterocycles. The molecule has 130 valence electrons. The monoisotopic (exact) mass is 349 g/mol. The Morgan fingerprint density at radius 3 is 2.62 bits per heavy atom. The summed E-state index contributed by atoms with van der Waals surface area (Å²) in [4.78, 5) is 26.7. The number of rotatable bonds is 2. The number of carbonyl (C=O) groups is 2. The summed E-state index contributed by atoms with van der Waals surface area (Å²) in [5.74, 6) is -0.0789. The number of likely N-dealkylation sites (tertiary alicyclic amines) is 1. The van der Waals surface area contributed by atoms with E-state index in [2.05, 4.69) is 10.6 Å². The molecule has 1 aliphatic heterocycles. The summed E-state index contributed by atoms with van der Waals surface area (Å²) >= 11 is 6.21. The molecule has 1 atom stereocenters. The first kappa shape index (κ1) is 17.1. The lowest BCUT2D eigenvalue weighted by molar-refractivity contribution is -0.127. The Morgan fingerprint density at radius 1 is 1.29 bits per heavy atom. The van der Waals surface area contributed by atoms with Gasteiger partial charge >= 0.3 is 6.03 Å². The molecule has 3 rings (SSSR count). The highest BCUT2D eigenvalue weighted by atomic mass is 35.5. The second-order valence-electron chi connectivity index (χ2n) is 7.03. The SMILES string of the molecule is CNC(=O)[C@@H]1CN(C(=O)Nc2ccc(C)cc2Cl)CC12CCCC2. The summed E-state index contributed by atoms with van der Waals surface area (Å²) in [5, 5.41) is 6.18. The van der Waals surface area contributed by atoms with Crippen LogP contribution in [0.2, 0.25) is 5.02 Å². The number of aryl methyl sites for hydroxylation is 1. The van der Waals surface area contributed by atoms with Gasteiger partial charge in [-0.25, -0.2) is 4.79 Å². The summed E-state index contributed by atoms with van der Waals surface area (Å²) < 4.78 is 0. The van der Waals surface area contributed by atoms with Gasteiger partial charge in [-0.3, -0.25) is 4.79 Å². The highest BCUT2D eigenvalue weighted by Gasteiger charge is 2.52. The van der Waals surface area contributed by atoms with E-state index in [1.807, 2.05) is 25.1 Å². The first-order valence-corrected chi connectivity index (χ1v) is 8.87. The van der Waals surface area contributed by atoms with Gasteiger partial charge in [-0.15, -0.1) is 0 Å². The number of benzene rings is 1. The van der Waals surface area contributed by atoms with Gasteiger partial charge < -0.3 is 15.5 Å². The molecule has 1 aliphatic carbocycles. The molecule has 0 radical (unpaired) electrons. The maximum atomic E-state index is 12.7. The minimum Gasteiger partial charge on any atom is -0.359 e. The number of hydrogen-bond acceptors (Lipinski definition) is 2. The standard InChI is InChI=1S/C18H24ClN3O2/c1-12-5-6-15(14(19)9-12)21-17(24)22-10-13(16(23)20-2)18(11-22)7-3-4-8-18/h5-6,9,13H,3-4,7-8,10-11H2,1-2H3,(H,20,23)(H,21,24)/t13-/m0/s1. The van der Waals surface area contributed by atoms with Crippen molar-refractivity contribution in [3.05, 3.63) is 28.8 Å². The summed E-state index contributed by atoms with van der Waals surface area (Å²) in [5.41, 5.74) is 1.59. The van der Waals surface area contributed by atoms with E-state index >= 15 is 0 Å². The normalized spacial score (nSPS) is 22.0. The Labute approximate surface area is 147 Å². The fraction of sp³-hybridized carbons (Fsp3) is 0.556. The molecular weight excluding hydrogens is 326 g/mol. The zero-order chi connectivity index (χ0) is 17.3. The Morgan fingerprint density at radius 2 is 2.00 bits per heavy atom. The highest BCUT2D eigenvalue weighted by molar-refractivity contribution is 6.33. The minimum absolute atomic E-state index is 0.0422. The van der Waals surface area contributed by atoms with Gasteiger partial charge in [0, 0.05) is 25.6 Å². The van der Waals surface area contributed by atoms with Crippen LogP contribution in [0.3, 0.4) is 0 Å². The van der Waals surface area contributed by atoms with Crippen LogP contribution in [0.25, 0.3) is 0 Å². The molecule has 0 unspecified atom stereocenters. The Balaban J connectivity index is 1.75. The van der Waals surface area contributed by atoms with Gasteiger partial charge in [-0.2, -0.15) is 0 Å². The van der Waals surface area contributed by atoms with Gasteiger partial charge in [0.05, 0.1) is 16.6 Å². The average Bonchev–Trinajstić information content (AvgIpc) is 3.17. The number of urea groups is 1. The van der Waals surface area contributed by atoms with E-state index < -0.39 is 0 Å². The van der Waals surface area contributed by atoms with E-state index in [4.69, 9.17) is 11.6 Å². The second kappa shape index (κ2) is 6.63. The van der Waals surface area contributed by atoms with Crippen LogP contribution >= 0.6 is 11.6 Å². The molecule has 1 aromatic carbocycles. The Bertz CT molecular complexity index is 656. The summed E-state index contributed by atoms with van der Waals surface area (Å²) in [7, 11) is 1.67. The topological polar surface area (TPSA) is 61.4 Å². The minimum atomic E-state index is -0.182. The van der Waals surface area contributed by atoms with Crippen molar-refractivity contribution in [1.82, 2.24) is 10.2 Å². The molecule has 0 bridgehead atoms. The number of amides is 3. The molecule has 1 spiro atoms. The van der Waals surface area contributed by atoms with Crippen molar-refractivity contribution in [2.24, 2.45) is 11.3 Å². The van der Waals surface area contributed by atoms with Crippen LogP contribution in [0.4, 0.5) is 10.5 Å². The van der Waals surface area contributed by atoms with Crippen molar-refractivity contribution in [2.45, 2.75) is 32.6 Å². The van der Waals surface area contributed by atoms with Gasteiger partial charge in [-0.1, -0.05) is 30.5 Å². The number of nitrogens with one attached hydrogen (secondary N) is 2. The number of nitrogens with zero attached hydrogens (tertiary/aromatic N) is 1. The maximum Gasteiger partial charge on any atom is 0.321 e. The molecule has 1 saturated carbocycles. The molecule has 2 fully saturated rings. The molecule has 5 nitrogen and oxygen atoms in total. The Hall–Kier alpha value is -1.75. The van der Waals surface area contributed by atoms with Gasteiger partial charge in [-0.05, 0) is 37.5 Å². The van der Waals surface area contributed by atoms with Crippen LogP contribution in [0, 0.1) is 18.3 Å². The third-order valence-electron chi connectivity index (χ3n) is 5.46. The van der Waals surface area contributed by atoms with E-state index in [9.17, 15) is 9.59 Å². The molecule has 1 heterocycles. The quantitative estimate of drug-likeness (QED) is 0.859. The van der Waals surface area contributed by atoms with Crippen molar-refractivity contribution in [3.63, 3.8) is 0 Å². The summed E-state index contributed by atoms with van der Waals surface area (Å²) in [6.07, 6.45) is 4.29. The Kier molecular flexibility index (Phi) is 4.72. The van der Waals surface area contributed by atoms with E-state index in [1.165, 1.54) is 0 Å². The average molecular weight is 350 g/mol. The predicted molar refractivity (Wildman–Crippen MR) is 95.2 cm³/mol.